The van der Waals surface area contributed by atoms with Gasteiger partial charge in [0, 0.05) is 12.2 Å². The molecule has 0 saturated carbocycles. The van der Waals surface area contributed by atoms with Crippen LogP contribution in [0.1, 0.15) is 41.5 Å². The van der Waals surface area contributed by atoms with Crippen LogP contribution in [0.4, 0.5) is 0 Å². The second-order valence-corrected chi connectivity index (χ2v) is 4.39. The molecule has 0 amide bonds. The van der Waals surface area contributed by atoms with Crippen LogP contribution >= 0.6 is 0 Å². The molecule has 0 aliphatic carbocycles. The molecule has 0 aliphatic rings. The van der Waals surface area contributed by atoms with Gasteiger partial charge in [-0.15, -0.1) is 0 Å². The zero-order valence-electron chi connectivity index (χ0n) is 10.7. The van der Waals surface area contributed by atoms with Crippen molar-refractivity contribution in [3.05, 3.63) is 29.1 Å². The quantitative estimate of drug-likeness (QED) is 0.823. The molecule has 0 spiro atoms. The van der Waals surface area contributed by atoms with Crippen molar-refractivity contribution in [3.63, 3.8) is 0 Å². The number of aromatic carboxylic acids is 1. The Morgan fingerprint density at radius 1 is 1.47 bits per heavy atom. The number of unbranched alkanes of at least 4 members (excludes halogenated alkanes) is 1. The van der Waals surface area contributed by atoms with E-state index in [0.717, 1.165) is 30.8 Å². The van der Waals surface area contributed by atoms with Crippen molar-refractivity contribution < 1.29 is 9.90 Å². The molecular formula is C13H20N2O2. The molecule has 1 aromatic rings. The van der Waals surface area contributed by atoms with E-state index in [1.54, 1.807) is 12.1 Å². The number of hydrogen-bond acceptors (Lipinski definition) is 3. The molecule has 4 heteroatoms. The molecule has 17 heavy (non-hydrogen) atoms. The highest BCUT2D eigenvalue weighted by Gasteiger charge is 2.08. The van der Waals surface area contributed by atoms with Crippen LogP contribution in [0.15, 0.2) is 12.1 Å². The van der Waals surface area contributed by atoms with Crippen molar-refractivity contribution >= 4 is 5.97 Å². The Labute approximate surface area is 102 Å². The zero-order valence-corrected chi connectivity index (χ0v) is 10.7. The lowest BCUT2D eigenvalue weighted by Crippen LogP contribution is -2.20. The maximum Gasteiger partial charge on any atom is 0.335 e. The summed E-state index contributed by atoms with van der Waals surface area (Å²) in [6.07, 6.45) is 2.31. The van der Waals surface area contributed by atoms with Gasteiger partial charge in [-0.05, 0) is 39.1 Å². The first kappa shape index (κ1) is 13.6. The Hall–Kier alpha value is -1.42. The van der Waals surface area contributed by atoms with Crippen LogP contribution in [0.3, 0.4) is 0 Å². The van der Waals surface area contributed by atoms with Crippen LogP contribution in [-0.4, -0.2) is 34.6 Å². The highest BCUT2D eigenvalue weighted by molar-refractivity contribution is 5.87. The summed E-state index contributed by atoms with van der Waals surface area (Å²) in [6, 6.07) is 3.25. The van der Waals surface area contributed by atoms with E-state index in [1.165, 1.54) is 0 Å². The van der Waals surface area contributed by atoms with Crippen LogP contribution < -0.4 is 0 Å². The van der Waals surface area contributed by atoms with Gasteiger partial charge >= 0.3 is 5.97 Å². The van der Waals surface area contributed by atoms with Crippen LogP contribution in [0.2, 0.25) is 0 Å². The first-order valence-electron chi connectivity index (χ1n) is 5.92. The molecule has 0 radical (unpaired) electrons. The van der Waals surface area contributed by atoms with Crippen LogP contribution in [0.5, 0.6) is 0 Å². The van der Waals surface area contributed by atoms with E-state index < -0.39 is 5.97 Å². The Morgan fingerprint density at radius 3 is 2.76 bits per heavy atom. The van der Waals surface area contributed by atoms with E-state index in [9.17, 15) is 4.79 Å². The summed E-state index contributed by atoms with van der Waals surface area (Å²) in [4.78, 5) is 17.4. The largest absolute Gasteiger partial charge is 0.478 e. The number of carboxylic acid groups (broad SMARTS) is 1. The van der Waals surface area contributed by atoms with Crippen molar-refractivity contribution in [2.75, 3.05) is 13.6 Å². The molecule has 0 unspecified atom stereocenters. The maximum atomic E-state index is 10.9. The summed E-state index contributed by atoms with van der Waals surface area (Å²) >= 11 is 0. The number of aromatic nitrogens is 1. The summed E-state index contributed by atoms with van der Waals surface area (Å²) in [7, 11) is 2.03. The van der Waals surface area contributed by atoms with E-state index in [2.05, 4.69) is 16.8 Å². The molecule has 4 nitrogen and oxygen atoms in total. The molecule has 0 atom stereocenters. The lowest BCUT2D eigenvalue weighted by Gasteiger charge is -2.16. The SMILES string of the molecule is CCCCN(C)Cc1cc(C(=O)O)cc(C)n1. The molecule has 1 heterocycles. The van der Waals surface area contributed by atoms with Gasteiger partial charge in [-0.2, -0.15) is 0 Å². The predicted molar refractivity (Wildman–Crippen MR) is 67.2 cm³/mol. The summed E-state index contributed by atoms with van der Waals surface area (Å²) in [6.45, 7) is 5.68. The van der Waals surface area contributed by atoms with E-state index in [4.69, 9.17) is 5.11 Å². The van der Waals surface area contributed by atoms with E-state index in [0.29, 0.717) is 12.1 Å². The van der Waals surface area contributed by atoms with Gasteiger partial charge in [-0.1, -0.05) is 13.3 Å². The number of pyridine rings is 1. The Bertz CT molecular complexity index is 391. The third-order valence-electron chi connectivity index (χ3n) is 2.58. The fourth-order valence-electron chi connectivity index (χ4n) is 1.73. The van der Waals surface area contributed by atoms with Crippen LogP contribution in [0.25, 0.3) is 0 Å². The zero-order chi connectivity index (χ0) is 12.8. The molecule has 1 N–H and O–H groups in total. The second kappa shape index (κ2) is 6.35. The molecular weight excluding hydrogens is 216 g/mol. The molecule has 0 fully saturated rings. The highest BCUT2D eigenvalue weighted by Crippen LogP contribution is 2.08. The standard InChI is InChI=1S/C13H20N2O2/c1-4-5-6-15(3)9-12-8-11(13(16)17)7-10(2)14-12/h7-8H,4-6,9H2,1-3H3,(H,16,17). The summed E-state index contributed by atoms with van der Waals surface area (Å²) in [5, 5.41) is 8.97. The molecule has 0 bridgehead atoms. The molecule has 94 valence electrons. The van der Waals surface area contributed by atoms with Crippen molar-refractivity contribution in [1.82, 2.24) is 9.88 Å². The third-order valence-corrected chi connectivity index (χ3v) is 2.58. The van der Waals surface area contributed by atoms with Crippen molar-refractivity contribution in [3.8, 4) is 0 Å². The number of carbonyl (C=O) groups is 1. The normalized spacial score (nSPS) is 10.8. The van der Waals surface area contributed by atoms with E-state index in [1.807, 2.05) is 14.0 Å². The monoisotopic (exact) mass is 236 g/mol. The molecule has 0 saturated heterocycles. The fourth-order valence-corrected chi connectivity index (χ4v) is 1.73. The average Bonchev–Trinajstić information content (AvgIpc) is 2.25. The Balaban J connectivity index is 2.73. The number of aryl methyl sites for hydroxylation is 1. The van der Waals surface area contributed by atoms with Crippen LogP contribution in [0, 0.1) is 6.92 Å². The van der Waals surface area contributed by atoms with Gasteiger partial charge in [0.05, 0.1) is 11.3 Å². The minimum Gasteiger partial charge on any atom is -0.478 e. The average molecular weight is 236 g/mol. The second-order valence-electron chi connectivity index (χ2n) is 4.39. The minimum atomic E-state index is -0.895. The predicted octanol–water partition coefficient (Wildman–Crippen LogP) is 2.32. The lowest BCUT2D eigenvalue weighted by molar-refractivity contribution is 0.0696. The van der Waals surface area contributed by atoms with Gasteiger partial charge in [0.25, 0.3) is 0 Å². The van der Waals surface area contributed by atoms with E-state index >= 15 is 0 Å². The maximum absolute atomic E-state index is 10.9. The van der Waals surface area contributed by atoms with Crippen molar-refractivity contribution in [1.29, 1.82) is 0 Å². The van der Waals surface area contributed by atoms with Crippen molar-refractivity contribution in [2.45, 2.75) is 33.2 Å². The Kier molecular flexibility index (Phi) is 5.10. The number of rotatable bonds is 6. The van der Waals surface area contributed by atoms with Gasteiger partial charge in [0.1, 0.15) is 0 Å². The minimum absolute atomic E-state index is 0.316. The fraction of sp³-hybridized carbons (Fsp3) is 0.538. The van der Waals surface area contributed by atoms with Gasteiger partial charge in [-0.25, -0.2) is 4.79 Å². The third kappa shape index (κ3) is 4.53. The number of nitrogens with zero attached hydrogens (tertiary/aromatic N) is 2. The van der Waals surface area contributed by atoms with E-state index in [-0.39, 0.29) is 0 Å². The topological polar surface area (TPSA) is 53.4 Å². The van der Waals surface area contributed by atoms with Gasteiger partial charge in [0.2, 0.25) is 0 Å². The lowest BCUT2D eigenvalue weighted by atomic mass is 10.2. The molecule has 0 aromatic carbocycles. The van der Waals surface area contributed by atoms with Gasteiger partial charge < -0.3 is 10.0 Å². The van der Waals surface area contributed by atoms with Gasteiger partial charge in [0.15, 0.2) is 0 Å². The number of carboxylic acids is 1. The van der Waals surface area contributed by atoms with Gasteiger partial charge in [-0.3, -0.25) is 4.98 Å². The smallest absolute Gasteiger partial charge is 0.335 e. The molecule has 1 aromatic heterocycles. The van der Waals surface area contributed by atoms with Crippen LogP contribution in [-0.2, 0) is 6.54 Å². The number of hydrogen-bond donors (Lipinski definition) is 1. The summed E-state index contributed by atoms with van der Waals surface area (Å²) in [5.41, 5.74) is 1.89. The summed E-state index contributed by atoms with van der Waals surface area (Å²) < 4.78 is 0. The first-order valence-corrected chi connectivity index (χ1v) is 5.92. The van der Waals surface area contributed by atoms with Crippen molar-refractivity contribution in [2.24, 2.45) is 0 Å². The summed E-state index contributed by atoms with van der Waals surface area (Å²) in [5.74, 6) is -0.895. The highest BCUT2D eigenvalue weighted by atomic mass is 16.4. The molecule has 1 rings (SSSR count). The molecule has 0 aliphatic heterocycles. The first-order chi connectivity index (χ1) is 8.02. The Morgan fingerprint density at radius 2 is 2.18 bits per heavy atom.